The Morgan fingerprint density at radius 1 is 0.692 bits per heavy atom. The number of fused-ring (bicyclic) bond motifs is 3. The third-order valence-corrected chi connectivity index (χ3v) is 4.36. The predicted molar refractivity (Wildman–Crippen MR) is 102 cm³/mol. The highest BCUT2D eigenvalue weighted by Crippen LogP contribution is 2.45. The molecule has 26 heavy (non-hydrogen) atoms. The van der Waals surface area contributed by atoms with Crippen LogP contribution in [0.15, 0.2) is 78.9 Å². The van der Waals surface area contributed by atoms with Crippen molar-refractivity contribution in [2.24, 2.45) is 0 Å². The number of para-hydroxylation sites is 3. The van der Waals surface area contributed by atoms with Crippen LogP contribution in [0.2, 0.25) is 0 Å². The van der Waals surface area contributed by atoms with Gasteiger partial charge in [-0.15, -0.1) is 0 Å². The number of pyridine rings is 1. The van der Waals surface area contributed by atoms with Crippen molar-refractivity contribution in [2.75, 3.05) is 5.32 Å². The van der Waals surface area contributed by atoms with Crippen molar-refractivity contribution in [3.8, 4) is 23.0 Å². The van der Waals surface area contributed by atoms with Crippen LogP contribution in [0.5, 0.6) is 23.0 Å². The maximum atomic E-state index is 5.95. The highest BCUT2D eigenvalue weighted by atomic mass is 16.6. The number of nitrogens with zero attached hydrogens (tertiary/aromatic N) is 1. The zero-order valence-corrected chi connectivity index (χ0v) is 14.0. The fourth-order valence-electron chi connectivity index (χ4n) is 3.04. The number of rotatable bonds is 3. The smallest absolute Gasteiger partial charge is 0.172 e. The Labute approximate surface area is 151 Å². The third-order valence-electron chi connectivity index (χ3n) is 4.36. The molecule has 0 radical (unpaired) electrons. The molecule has 0 spiro atoms. The van der Waals surface area contributed by atoms with E-state index in [2.05, 4.69) is 22.4 Å². The molecule has 3 aromatic carbocycles. The van der Waals surface area contributed by atoms with E-state index >= 15 is 0 Å². The van der Waals surface area contributed by atoms with E-state index in [1.165, 1.54) is 0 Å². The second kappa shape index (κ2) is 6.08. The lowest BCUT2D eigenvalue weighted by Gasteiger charge is -2.21. The first kappa shape index (κ1) is 14.8. The van der Waals surface area contributed by atoms with E-state index < -0.39 is 0 Å². The van der Waals surface area contributed by atoms with Crippen LogP contribution in [-0.4, -0.2) is 4.98 Å². The van der Waals surface area contributed by atoms with Crippen LogP contribution in [0.1, 0.15) is 5.69 Å². The number of benzene rings is 3. The summed E-state index contributed by atoms with van der Waals surface area (Å²) in [4.78, 5) is 4.69. The number of nitrogens with one attached hydrogen (secondary N) is 1. The minimum absolute atomic E-state index is 0.640. The van der Waals surface area contributed by atoms with E-state index in [1.807, 2.05) is 66.7 Å². The van der Waals surface area contributed by atoms with Gasteiger partial charge in [0, 0.05) is 17.1 Å². The molecule has 2 heterocycles. The first-order chi connectivity index (χ1) is 12.8. The summed E-state index contributed by atoms with van der Waals surface area (Å²) in [7, 11) is 0. The van der Waals surface area contributed by atoms with Gasteiger partial charge in [-0.25, -0.2) is 0 Å². The molecule has 0 unspecified atom stereocenters. The molecule has 5 rings (SSSR count). The van der Waals surface area contributed by atoms with Gasteiger partial charge in [-0.2, -0.15) is 0 Å². The van der Waals surface area contributed by atoms with Crippen molar-refractivity contribution in [1.82, 2.24) is 4.98 Å². The molecule has 0 amide bonds. The Balaban J connectivity index is 1.35. The van der Waals surface area contributed by atoms with E-state index in [0.717, 1.165) is 39.5 Å². The molecule has 0 fully saturated rings. The normalized spacial score (nSPS) is 11.8. The molecule has 4 heteroatoms. The third kappa shape index (κ3) is 2.71. The second-order valence-electron chi connectivity index (χ2n) is 6.16. The lowest BCUT2D eigenvalue weighted by molar-refractivity contribution is 0.360. The molecular weight excluding hydrogens is 324 g/mol. The van der Waals surface area contributed by atoms with Crippen molar-refractivity contribution in [1.29, 1.82) is 0 Å². The number of hydrogen-bond donors (Lipinski definition) is 1. The first-order valence-corrected chi connectivity index (χ1v) is 8.52. The highest BCUT2D eigenvalue weighted by Gasteiger charge is 2.18. The van der Waals surface area contributed by atoms with Gasteiger partial charge in [0.15, 0.2) is 23.0 Å². The Morgan fingerprint density at radius 3 is 2.31 bits per heavy atom. The molecule has 1 N–H and O–H groups in total. The Bertz CT molecular complexity index is 1110. The number of anilines is 1. The van der Waals surface area contributed by atoms with Crippen LogP contribution < -0.4 is 14.8 Å². The minimum atomic E-state index is 0.640. The SMILES string of the molecule is c1ccc2c(c1)Oc1ccc(NCc3ccc4ccccc4n3)cc1O2. The van der Waals surface area contributed by atoms with Gasteiger partial charge >= 0.3 is 0 Å². The van der Waals surface area contributed by atoms with Crippen LogP contribution in [0.3, 0.4) is 0 Å². The van der Waals surface area contributed by atoms with E-state index in [1.54, 1.807) is 0 Å². The molecule has 4 nitrogen and oxygen atoms in total. The van der Waals surface area contributed by atoms with Gasteiger partial charge in [0.05, 0.1) is 17.8 Å². The van der Waals surface area contributed by atoms with Crippen molar-refractivity contribution in [3.05, 3.63) is 84.6 Å². The maximum Gasteiger partial charge on any atom is 0.172 e. The van der Waals surface area contributed by atoms with Gasteiger partial charge in [0.2, 0.25) is 0 Å². The molecule has 0 atom stereocenters. The first-order valence-electron chi connectivity index (χ1n) is 8.52. The van der Waals surface area contributed by atoms with Gasteiger partial charge in [-0.1, -0.05) is 36.4 Å². The van der Waals surface area contributed by atoms with Gasteiger partial charge in [0.25, 0.3) is 0 Å². The zero-order valence-electron chi connectivity index (χ0n) is 14.0. The molecule has 0 aliphatic carbocycles. The largest absolute Gasteiger partial charge is 0.450 e. The summed E-state index contributed by atoms with van der Waals surface area (Å²) in [5, 5.41) is 4.55. The molecule has 1 aliphatic rings. The Kier molecular flexibility index (Phi) is 3.46. The standard InChI is InChI=1S/C22H16N2O2/c1-2-6-18-15(5-1)9-10-17(24-18)14-23-16-11-12-21-22(13-16)26-20-8-4-3-7-19(20)25-21/h1-13,23H,14H2. The molecule has 1 aliphatic heterocycles. The molecule has 126 valence electrons. The fraction of sp³-hybridized carbons (Fsp3) is 0.0455. The average molecular weight is 340 g/mol. The molecule has 0 saturated carbocycles. The summed E-state index contributed by atoms with van der Waals surface area (Å²) in [6, 6.07) is 25.8. The number of ether oxygens (including phenoxy) is 2. The maximum absolute atomic E-state index is 5.95. The van der Waals surface area contributed by atoms with Crippen molar-refractivity contribution in [2.45, 2.75) is 6.54 Å². The molecule has 0 saturated heterocycles. The molecular formula is C22H16N2O2. The summed E-state index contributed by atoms with van der Waals surface area (Å²) in [6.45, 7) is 0.640. The second-order valence-corrected chi connectivity index (χ2v) is 6.16. The monoisotopic (exact) mass is 340 g/mol. The van der Waals surface area contributed by atoms with E-state index in [0.29, 0.717) is 12.3 Å². The molecule has 0 bridgehead atoms. The van der Waals surface area contributed by atoms with Crippen molar-refractivity contribution >= 4 is 16.6 Å². The number of hydrogen-bond acceptors (Lipinski definition) is 4. The van der Waals surface area contributed by atoms with Crippen LogP contribution in [0.25, 0.3) is 10.9 Å². The quantitative estimate of drug-likeness (QED) is 0.454. The minimum Gasteiger partial charge on any atom is -0.450 e. The van der Waals surface area contributed by atoms with Crippen LogP contribution >= 0.6 is 0 Å². The lowest BCUT2D eigenvalue weighted by Crippen LogP contribution is -2.03. The zero-order chi connectivity index (χ0) is 17.3. The van der Waals surface area contributed by atoms with Crippen LogP contribution in [0.4, 0.5) is 5.69 Å². The summed E-state index contributed by atoms with van der Waals surface area (Å²) >= 11 is 0. The Hall–Kier alpha value is -3.53. The highest BCUT2D eigenvalue weighted by molar-refractivity contribution is 5.78. The van der Waals surface area contributed by atoms with Gasteiger partial charge < -0.3 is 14.8 Å². The van der Waals surface area contributed by atoms with Crippen LogP contribution in [0, 0.1) is 0 Å². The van der Waals surface area contributed by atoms with E-state index in [9.17, 15) is 0 Å². The topological polar surface area (TPSA) is 43.4 Å². The average Bonchev–Trinajstić information content (AvgIpc) is 2.70. The van der Waals surface area contributed by atoms with Gasteiger partial charge in [-0.3, -0.25) is 4.98 Å². The van der Waals surface area contributed by atoms with E-state index in [4.69, 9.17) is 9.47 Å². The van der Waals surface area contributed by atoms with Gasteiger partial charge in [-0.05, 0) is 36.4 Å². The predicted octanol–water partition coefficient (Wildman–Crippen LogP) is 5.74. The van der Waals surface area contributed by atoms with Crippen molar-refractivity contribution in [3.63, 3.8) is 0 Å². The summed E-state index contributed by atoms with van der Waals surface area (Å²) in [6.07, 6.45) is 0. The molecule has 4 aromatic rings. The van der Waals surface area contributed by atoms with Crippen LogP contribution in [-0.2, 0) is 6.54 Å². The summed E-state index contributed by atoms with van der Waals surface area (Å²) < 4.78 is 11.8. The van der Waals surface area contributed by atoms with Gasteiger partial charge in [0.1, 0.15) is 0 Å². The summed E-state index contributed by atoms with van der Waals surface area (Å²) in [5.41, 5.74) is 2.95. The Morgan fingerprint density at radius 2 is 1.42 bits per heavy atom. The fourth-order valence-corrected chi connectivity index (χ4v) is 3.04. The molecule has 1 aromatic heterocycles. The lowest BCUT2D eigenvalue weighted by atomic mass is 10.2. The van der Waals surface area contributed by atoms with Crippen molar-refractivity contribution < 1.29 is 9.47 Å². The summed E-state index contributed by atoms with van der Waals surface area (Å²) in [5.74, 6) is 2.90. The number of aromatic nitrogens is 1. The van der Waals surface area contributed by atoms with E-state index in [-0.39, 0.29) is 0 Å².